The van der Waals surface area contributed by atoms with E-state index in [9.17, 15) is 4.79 Å². The Morgan fingerprint density at radius 1 is 1.22 bits per heavy atom. The molecule has 0 atom stereocenters. The zero-order chi connectivity index (χ0) is 12.8. The van der Waals surface area contributed by atoms with E-state index in [0.717, 1.165) is 12.8 Å². The van der Waals surface area contributed by atoms with Crippen molar-refractivity contribution in [2.45, 2.75) is 44.9 Å². The molecule has 18 heavy (non-hydrogen) atoms. The van der Waals surface area contributed by atoms with Crippen LogP contribution in [0.25, 0.3) is 0 Å². The number of methoxy groups -OCH3 is 1. The van der Waals surface area contributed by atoms with Crippen molar-refractivity contribution in [1.29, 1.82) is 0 Å². The number of carbonyl (C=O) groups is 1. The van der Waals surface area contributed by atoms with Gasteiger partial charge in [0, 0.05) is 18.8 Å². The Morgan fingerprint density at radius 3 is 2.56 bits per heavy atom. The number of ketones is 1. The number of Topliss-reactive ketones (excluding diaryl/α,β-unsaturated/α-hetero) is 1. The van der Waals surface area contributed by atoms with Crippen LogP contribution >= 0.6 is 0 Å². The molecule has 0 aliphatic heterocycles. The monoisotopic (exact) mass is 248 g/mol. The summed E-state index contributed by atoms with van der Waals surface area (Å²) in [5.41, 5.74) is 0.379. The fourth-order valence-corrected chi connectivity index (χ4v) is 2.59. The second-order valence-corrected chi connectivity index (χ2v) is 4.90. The summed E-state index contributed by atoms with van der Waals surface area (Å²) in [6, 6.07) is 0. The maximum absolute atomic E-state index is 12.2. The van der Waals surface area contributed by atoms with E-state index in [1.54, 1.807) is 12.4 Å². The Hall–Kier alpha value is -1.45. The van der Waals surface area contributed by atoms with Crippen LogP contribution in [-0.2, 0) is 0 Å². The molecule has 0 N–H and O–H groups in total. The molecule has 1 aliphatic rings. The van der Waals surface area contributed by atoms with Gasteiger partial charge in [-0.1, -0.05) is 38.5 Å². The molecule has 98 valence electrons. The molecule has 0 unspecified atom stereocenters. The molecule has 0 saturated heterocycles. The van der Waals surface area contributed by atoms with Crippen LogP contribution in [0.4, 0.5) is 0 Å². The SMILES string of the molecule is COc1nccnc1C(=O)CC1CCCCCC1. The molecule has 1 aliphatic carbocycles. The lowest BCUT2D eigenvalue weighted by Crippen LogP contribution is -2.11. The summed E-state index contributed by atoms with van der Waals surface area (Å²) in [6.45, 7) is 0. The van der Waals surface area contributed by atoms with Crippen LogP contribution < -0.4 is 4.74 Å². The third-order valence-electron chi connectivity index (χ3n) is 3.57. The second-order valence-electron chi connectivity index (χ2n) is 4.90. The van der Waals surface area contributed by atoms with Crippen molar-refractivity contribution in [3.63, 3.8) is 0 Å². The van der Waals surface area contributed by atoms with Crippen molar-refractivity contribution in [2.75, 3.05) is 7.11 Å². The number of rotatable bonds is 4. The molecule has 1 aromatic rings. The molecule has 0 bridgehead atoms. The standard InChI is InChI=1S/C14H20N2O2/c1-18-14-13(15-8-9-16-14)12(17)10-11-6-4-2-3-5-7-11/h8-9,11H,2-7,10H2,1H3. The maximum Gasteiger partial charge on any atom is 0.243 e. The van der Waals surface area contributed by atoms with E-state index < -0.39 is 0 Å². The Balaban J connectivity index is 2.02. The van der Waals surface area contributed by atoms with E-state index in [1.807, 2.05) is 0 Å². The van der Waals surface area contributed by atoms with Crippen LogP contribution in [0.3, 0.4) is 0 Å². The number of hydrogen-bond donors (Lipinski definition) is 0. The third kappa shape index (κ3) is 3.28. The molecule has 0 spiro atoms. The van der Waals surface area contributed by atoms with E-state index in [4.69, 9.17) is 4.74 Å². The molecule has 1 saturated carbocycles. The predicted octanol–water partition coefficient (Wildman–Crippen LogP) is 3.03. The first-order valence-corrected chi connectivity index (χ1v) is 6.69. The topological polar surface area (TPSA) is 52.1 Å². The zero-order valence-corrected chi connectivity index (χ0v) is 10.9. The summed E-state index contributed by atoms with van der Waals surface area (Å²) >= 11 is 0. The van der Waals surface area contributed by atoms with Crippen molar-refractivity contribution >= 4 is 5.78 Å². The molecule has 1 aromatic heterocycles. The second kappa shape index (κ2) is 6.47. The summed E-state index contributed by atoms with van der Waals surface area (Å²) < 4.78 is 5.09. The van der Waals surface area contributed by atoms with Gasteiger partial charge in [0.2, 0.25) is 5.88 Å². The summed E-state index contributed by atoms with van der Waals surface area (Å²) in [6.07, 6.45) is 11.1. The van der Waals surface area contributed by atoms with Gasteiger partial charge in [0.25, 0.3) is 0 Å². The van der Waals surface area contributed by atoms with Crippen LogP contribution in [0.15, 0.2) is 12.4 Å². The van der Waals surface area contributed by atoms with Gasteiger partial charge in [-0.15, -0.1) is 0 Å². The largest absolute Gasteiger partial charge is 0.479 e. The van der Waals surface area contributed by atoms with Crippen LogP contribution in [0.2, 0.25) is 0 Å². The van der Waals surface area contributed by atoms with E-state index in [2.05, 4.69) is 9.97 Å². The number of carbonyl (C=O) groups excluding carboxylic acids is 1. The molecule has 2 rings (SSSR count). The van der Waals surface area contributed by atoms with E-state index in [0.29, 0.717) is 23.9 Å². The summed E-state index contributed by atoms with van der Waals surface area (Å²) in [7, 11) is 1.52. The van der Waals surface area contributed by atoms with Gasteiger partial charge in [-0.2, -0.15) is 0 Å². The Kier molecular flexibility index (Phi) is 4.67. The lowest BCUT2D eigenvalue weighted by atomic mass is 9.93. The fraction of sp³-hybridized carbons (Fsp3) is 0.643. The van der Waals surface area contributed by atoms with E-state index >= 15 is 0 Å². The van der Waals surface area contributed by atoms with Crippen molar-refractivity contribution in [2.24, 2.45) is 5.92 Å². The predicted molar refractivity (Wildman–Crippen MR) is 68.7 cm³/mol. The first kappa shape index (κ1) is 13.0. The zero-order valence-electron chi connectivity index (χ0n) is 10.9. The number of ether oxygens (including phenoxy) is 1. The van der Waals surface area contributed by atoms with Gasteiger partial charge >= 0.3 is 0 Å². The number of aromatic nitrogens is 2. The first-order chi connectivity index (χ1) is 8.81. The average Bonchev–Trinajstić information content (AvgIpc) is 2.67. The molecule has 1 fully saturated rings. The van der Waals surface area contributed by atoms with Gasteiger partial charge < -0.3 is 4.74 Å². The highest BCUT2D eigenvalue weighted by molar-refractivity contribution is 5.96. The van der Waals surface area contributed by atoms with Gasteiger partial charge in [-0.25, -0.2) is 9.97 Å². The molecule has 0 aromatic carbocycles. The number of nitrogens with zero attached hydrogens (tertiary/aromatic N) is 2. The fourth-order valence-electron chi connectivity index (χ4n) is 2.59. The molecule has 0 radical (unpaired) electrons. The van der Waals surface area contributed by atoms with Gasteiger partial charge in [0.05, 0.1) is 7.11 Å². The van der Waals surface area contributed by atoms with Gasteiger partial charge in [-0.3, -0.25) is 4.79 Å². The minimum atomic E-state index is 0.0619. The van der Waals surface area contributed by atoms with E-state index in [-0.39, 0.29) is 5.78 Å². The normalized spacial score (nSPS) is 17.2. The highest BCUT2D eigenvalue weighted by Crippen LogP contribution is 2.27. The summed E-state index contributed by atoms with van der Waals surface area (Å²) in [5.74, 6) is 0.912. The molecule has 4 heteroatoms. The van der Waals surface area contributed by atoms with Gasteiger partial charge in [0.1, 0.15) is 0 Å². The molecular formula is C14H20N2O2. The highest BCUT2D eigenvalue weighted by atomic mass is 16.5. The van der Waals surface area contributed by atoms with E-state index in [1.165, 1.54) is 32.8 Å². The van der Waals surface area contributed by atoms with Gasteiger partial charge in [0.15, 0.2) is 11.5 Å². The Morgan fingerprint density at radius 2 is 1.89 bits per heavy atom. The molecule has 4 nitrogen and oxygen atoms in total. The molecule has 0 amide bonds. The minimum Gasteiger partial charge on any atom is -0.479 e. The van der Waals surface area contributed by atoms with Crippen LogP contribution in [0.1, 0.15) is 55.4 Å². The lowest BCUT2D eigenvalue weighted by Gasteiger charge is -2.13. The first-order valence-electron chi connectivity index (χ1n) is 6.69. The van der Waals surface area contributed by atoms with Crippen LogP contribution in [0, 0.1) is 5.92 Å². The summed E-state index contributed by atoms with van der Waals surface area (Å²) in [4.78, 5) is 20.3. The molecule has 1 heterocycles. The Labute approximate surface area is 108 Å². The highest BCUT2D eigenvalue weighted by Gasteiger charge is 2.20. The van der Waals surface area contributed by atoms with Gasteiger partial charge in [-0.05, 0) is 5.92 Å². The third-order valence-corrected chi connectivity index (χ3v) is 3.57. The smallest absolute Gasteiger partial charge is 0.243 e. The van der Waals surface area contributed by atoms with Crippen molar-refractivity contribution < 1.29 is 9.53 Å². The minimum absolute atomic E-state index is 0.0619. The van der Waals surface area contributed by atoms with Crippen molar-refractivity contribution in [3.05, 3.63) is 18.1 Å². The maximum atomic E-state index is 12.2. The lowest BCUT2D eigenvalue weighted by molar-refractivity contribution is 0.0948. The van der Waals surface area contributed by atoms with Crippen molar-refractivity contribution in [1.82, 2.24) is 9.97 Å². The van der Waals surface area contributed by atoms with Crippen LogP contribution in [-0.4, -0.2) is 22.9 Å². The molecular weight excluding hydrogens is 228 g/mol. The number of hydrogen-bond acceptors (Lipinski definition) is 4. The quantitative estimate of drug-likeness (QED) is 0.607. The van der Waals surface area contributed by atoms with Crippen molar-refractivity contribution in [3.8, 4) is 5.88 Å². The average molecular weight is 248 g/mol. The Bertz CT molecular complexity index is 399. The van der Waals surface area contributed by atoms with Crippen LogP contribution in [0.5, 0.6) is 5.88 Å². The summed E-state index contributed by atoms with van der Waals surface area (Å²) in [5, 5.41) is 0.